The van der Waals surface area contributed by atoms with Crippen molar-refractivity contribution in [2.45, 2.75) is 13.8 Å². The summed E-state index contributed by atoms with van der Waals surface area (Å²) in [5.74, 6) is -1.35. The first-order chi connectivity index (χ1) is 11.3. The lowest BCUT2D eigenvalue weighted by atomic mass is 10.1. The maximum absolute atomic E-state index is 12.1. The number of benzene rings is 2. The number of amides is 2. The van der Waals surface area contributed by atoms with Crippen molar-refractivity contribution >= 4 is 29.1 Å². The number of carbonyl (C=O) groups is 2. The SMILES string of the molecule is Cc1ccc(C(=O)NNC(=O)c2cc(Cl)ccc2[N+](=O)[O-])c(C)c1. The molecule has 2 aromatic carbocycles. The molecule has 0 aliphatic carbocycles. The summed E-state index contributed by atoms with van der Waals surface area (Å²) < 4.78 is 0. The predicted molar refractivity (Wildman–Crippen MR) is 89.0 cm³/mol. The highest BCUT2D eigenvalue weighted by Gasteiger charge is 2.21. The largest absolute Gasteiger partial charge is 0.282 e. The molecule has 0 unspecified atom stereocenters. The Kier molecular flexibility index (Phi) is 5.15. The molecule has 0 aliphatic rings. The first-order valence-electron chi connectivity index (χ1n) is 6.91. The van der Waals surface area contributed by atoms with Crippen molar-refractivity contribution < 1.29 is 14.5 Å². The molecule has 8 heteroatoms. The summed E-state index contributed by atoms with van der Waals surface area (Å²) in [7, 11) is 0. The fraction of sp³-hybridized carbons (Fsp3) is 0.125. The number of nitro groups is 1. The molecule has 2 rings (SSSR count). The van der Waals surface area contributed by atoms with Gasteiger partial charge in [0.05, 0.1) is 4.92 Å². The van der Waals surface area contributed by atoms with Crippen molar-refractivity contribution in [2.75, 3.05) is 0 Å². The summed E-state index contributed by atoms with van der Waals surface area (Å²) in [4.78, 5) is 34.5. The Hall–Kier alpha value is -2.93. The van der Waals surface area contributed by atoms with Gasteiger partial charge in [-0.25, -0.2) is 0 Å². The van der Waals surface area contributed by atoms with E-state index >= 15 is 0 Å². The summed E-state index contributed by atoms with van der Waals surface area (Å²) in [6.45, 7) is 3.67. The van der Waals surface area contributed by atoms with Crippen LogP contribution in [0.1, 0.15) is 31.8 Å². The van der Waals surface area contributed by atoms with Gasteiger partial charge in [0, 0.05) is 16.7 Å². The van der Waals surface area contributed by atoms with Gasteiger partial charge in [-0.15, -0.1) is 0 Å². The van der Waals surface area contributed by atoms with Crippen LogP contribution in [0.25, 0.3) is 0 Å². The smallest absolute Gasteiger partial charge is 0.267 e. The number of hydrazine groups is 1. The third kappa shape index (κ3) is 3.88. The fourth-order valence-electron chi connectivity index (χ4n) is 2.17. The van der Waals surface area contributed by atoms with Gasteiger partial charge in [0.1, 0.15) is 5.56 Å². The average molecular weight is 348 g/mol. The van der Waals surface area contributed by atoms with E-state index < -0.39 is 22.4 Å². The third-order valence-electron chi connectivity index (χ3n) is 3.32. The molecule has 2 N–H and O–H groups in total. The Bertz CT molecular complexity index is 836. The van der Waals surface area contributed by atoms with E-state index in [2.05, 4.69) is 10.9 Å². The molecule has 0 bridgehead atoms. The second kappa shape index (κ2) is 7.10. The molecule has 0 radical (unpaired) electrons. The van der Waals surface area contributed by atoms with Gasteiger partial charge in [-0.2, -0.15) is 0 Å². The van der Waals surface area contributed by atoms with Crippen LogP contribution in [0.2, 0.25) is 5.02 Å². The van der Waals surface area contributed by atoms with E-state index in [1.165, 1.54) is 6.07 Å². The fourth-order valence-corrected chi connectivity index (χ4v) is 2.34. The van der Waals surface area contributed by atoms with E-state index in [1.54, 1.807) is 19.1 Å². The zero-order valence-corrected chi connectivity index (χ0v) is 13.7. The van der Waals surface area contributed by atoms with Gasteiger partial charge in [-0.3, -0.25) is 30.6 Å². The van der Waals surface area contributed by atoms with E-state index in [4.69, 9.17) is 11.6 Å². The molecule has 0 atom stereocenters. The molecule has 0 heterocycles. The second-order valence-electron chi connectivity index (χ2n) is 5.15. The van der Waals surface area contributed by atoms with Gasteiger partial charge in [0.15, 0.2) is 0 Å². The molecule has 0 saturated carbocycles. The van der Waals surface area contributed by atoms with Crippen LogP contribution in [0, 0.1) is 24.0 Å². The normalized spacial score (nSPS) is 10.1. The summed E-state index contributed by atoms with van der Waals surface area (Å²) in [5.41, 5.74) is 5.89. The second-order valence-corrected chi connectivity index (χ2v) is 5.58. The summed E-state index contributed by atoms with van der Waals surface area (Å²) >= 11 is 5.77. The highest BCUT2D eigenvalue weighted by atomic mass is 35.5. The van der Waals surface area contributed by atoms with Crippen LogP contribution < -0.4 is 10.9 Å². The number of nitrogens with one attached hydrogen (secondary N) is 2. The maximum atomic E-state index is 12.1. The maximum Gasteiger partial charge on any atom is 0.282 e. The highest BCUT2D eigenvalue weighted by Crippen LogP contribution is 2.22. The van der Waals surface area contributed by atoms with Crippen LogP contribution in [0.5, 0.6) is 0 Å². The zero-order valence-electron chi connectivity index (χ0n) is 12.9. The molecule has 0 fully saturated rings. The van der Waals surface area contributed by atoms with Gasteiger partial charge < -0.3 is 0 Å². The molecular weight excluding hydrogens is 334 g/mol. The number of rotatable bonds is 3. The lowest BCUT2D eigenvalue weighted by Gasteiger charge is -2.10. The molecule has 0 saturated heterocycles. The monoisotopic (exact) mass is 347 g/mol. The van der Waals surface area contributed by atoms with Gasteiger partial charge in [0.2, 0.25) is 0 Å². The van der Waals surface area contributed by atoms with E-state index in [1.807, 2.05) is 13.0 Å². The van der Waals surface area contributed by atoms with E-state index in [0.29, 0.717) is 5.56 Å². The van der Waals surface area contributed by atoms with Gasteiger partial charge in [-0.1, -0.05) is 29.3 Å². The van der Waals surface area contributed by atoms with Gasteiger partial charge in [0.25, 0.3) is 17.5 Å². The van der Waals surface area contributed by atoms with Crippen LogP contribution in [-0.2, 0) is 0 Å². The summed E-state index contributed by atoms with van der Waals surface area (Å²) in [6, 6.07) is 8.84. The molecule has 124 valence electrons. The lowest BCUT2D eigenvalue weighted by Crippen LogP contribution is -2.42. The minimum absolute atomic E-state index is 0.173. The topological polar surface area (TPSA) is 101 Å². The molecule has 0 spiro atoms. The van der Waals surface area contributed by atoms with Crippen molar-refractivity contribution in [3.05, 3.63) is 73.8 Å². The quantitative estimate of drug-likeness (QED) is 0.658. The van der Waals surface area contributed by atoms with Crippen LogP contribution in [0.15, 0.2) is 36.4 Å². The molecule has 2 amide bonds. The van der Waals surface area contributed by atoms with Gasteiger partial charge >= 0.3 is 0 Å². The van der Waals surface area contributed by atoms with Crippen LogP contribution in [0.4, 0.5) is 5.69 Å². The Morgan fingerprint density at radius 3 is 2.21 bits per heavy atom. The van der Waals surface area contributed by atoms with Crippen LogP contribution in [-0.4, -0.2) is 16.7 Å². The average Bonchev–Trinajstić information content (AvgIpc) is 2.51. The molecule has 0 aliphatic heterocycles. The number of halogens is 1. The number of hydrogen-bond acceptors (Lipinski definition) is 4. The van der Waals surface area contributed by atoms with Crippen molar-refractivity contribution in [3.8, 4) is 0 Å². The molecule has 7 nitrogen and oxygen atoms in total. The molecular formula is C16H14ClN3O4. The number of aryl methyl sites for hydroxylation is 2. The molecule has 0 aromatic heterocycles. The third-order valence-corrected chi connectivity index (χ3v) is 3.55. The van der Waals surface area contributed by atoms with Crippen molar-refractivity contribution in [2.24, 2.45) is 0 Å². The first kappa shape index (κ1) is 17.4. The molecule has 24 heavy (non-hydrogen) atoms. The van der Waals surface area contributed by atoms with Crippen molar-refractivity contribution in [3.63, 3.8) is 0 Å². The Labute approximate surface area is 142 Å². The minimum atomic E-state index is -0.831. The first-order valence-corrected chi connectivity index (χ1v) is 7.29. The summed E-state index contributed by atoms with van der Waals surface area (Å²) in [5, 5.41) is 11.1. The van der Waals surface area contributed by atoms with Crippen molar-refractivity contribution in [1.29, 1.82) is 0 Å². The Balaban J connectivity index is 2.15. The van der Waals surface area contributed by atoms with E-state index in [9.17, 15) is 19.7 Å². The summed E-state index contributed by atoms with van der Waals surface area (Å²) in [6.07, 6.45) is 0. The number of carbonyl (C=O) groups excluding carboxylic acids is 2. The standard InChI is InChI=1S/C16H14ClN3O4/c1-9-3-5-12(10(2)7-9)15(21)18-19-16(22)13-8-11(17)4-6-14(13)20(23)24/h3-8H,1-2H3,(H,18,21)(H,19,22). The number of nitro benzene ring substituents is 1. The molecule has 2 aromatic rings. The predicted octanol–water partition coefficient (Wildman–Crippen LogP) is 2.94. The highest BCUT2D eigenvalue weighted by molar-refractivity contribution is 6.31. The Morgan fingerprint density at radius 2 is 1.62 bits per heavy atom. The zero-order chi connectivity index (χ0) is 17.9. The van der Waals surface area contributed by atoms with Gasteiger partial charge in [-0.05, 0) is 37.6 Å². The minimum Gasteiger partial charge on any atom is -0.267 e. The van der Waals surface area contributed by atoms with E-state index in [-0.39, 0.29) is 10.6 Å². The van der Waals surface area contributed by atoms with Crippen LogP contribution >= 0.6 is 11.6 Å². The number of nitrogens with zero attached hydrogens (tertiary/aromatic N) is 1. The number of hydrogen-bond donors (Lipinski definition) is 2. The Morgan fingerprint density at radius 1 is 1.00 bits per heavy atom. The lowest BCUT2D eigenvalue weighted by molar-refractivity contribution is -0.385. The van der Waals surface area contributed by atoms with Crippen molar-refractivity contribution in [1.82, 2.24) is 10.9 Å². The van der Waals surface area contributed by atoms with Crippen LogP contribution in [0.3, 0.4) is 0 Å². The van der Waals surface area contributed by atoms with E-state index in [0.717, 1.165) is 23.3 Å².